The zero-order chi connectivity index (χ0) is 21.8. The molecule has 2 aromatic carbocycles. The van der Waals surface area contributed by atoms with Crippen LogP contribution in [0.5, 0.6) is 5.75 Å². The van der Waals surface area contributed by atoms with Gasteiger partial charge in [-0.25, -0.2) is 9.37 Å². The summed E-state index contributed by atoms with van der Waals surface area (Å²) in [6.07, 6.45) is 3.28. The van der Waals surface area contributed by atoms with Crippen molar-refractivity contribution in [3.05, 3.63) is 95.5 Å². The number of hydrogen-bond donors (Lipinski definition) is 2. The summed E-state index contributed by atoms with van der Waals surface area (Å²) in [5.74, 6) is 0.647. The van der Waals surface area contributed by atoms with Crippen LogP contribution in [0, 0.1) is 19.7 Å². The Morgan fingerprint density at radius 1 is 1.10 bits per heavy atom. The van der Waals surface area contributed by atoms with Gasteiger partial charge in [0.05, 0.1) is 17.6 Å². The number of carbonyl (C=O) groups is 1. The van der Waals surface area contributed by atoms with Crippen LogP contribution in [0.2, 0.25) is 0 Å². The second-order valence-corrected chi connectivity index (χ2v) is 7.12. The van der Waals surface area contributed by atoms with Crippen LogP contribution < -0.4 is 10.1 Å². The molecule has 31 heavy (non-hydrogen) atoms. The molecule has 0 aliphatic heterocycles. The van der Waals surface area contributed by atoms with Gasteiger partial charge in [0.15, 0.2) is 0 Å². The van der Waals surface area contributed by atoms with Crippen molar-refractivity contribution in [1.29, 1.82) is 0 Å². The van der Waals surface area contributed by atoms with Crippen LogP contribution >= 0.6 is 0 Å². The van der Waals surface area contributed by atoms with E-state index in [4.69, 9.17) is 4.74 Å². The number of nitrogens with one attached hydrogen (secondary N) is 2. The molecule has 0 atom stereocenters. The van der Waals surface area contributed by atoms with Gasteiger partial charge in [-0.2, -0.15) is 0 Å². The first-order chi connectivity index (χ1) is 15.0. The number of amides is 1. The monoisotopic (exact) mass is 416 g/mol. The molecule has 7 heteroatoms. The van der Waals surface area contributed by atoms with E-state index in [2.05, 4.69) is 20.3 Å². The summed E-state index contributed by atoms with van der Waals surface area (Å²) in [4.78, 5) is 24.1. The van der Waals surface area contributed by atoms with E-state index in [1.807, 2.05) is 18.2 Å². The third-order valence-corrected chi connectivity index (χ3v) is 4.78. The number of benzene rings is 2. The molecule has 0 aliphatic carbocycles. The van der Waals surface area contributed by atoms with E-state index in [1.54, 1.807) is 56.6 Å². The zero-order valence-corrected chi connectivity index (χ0v) is 17.1. The predicted molar refractivity (Wildman–Crippen MR) is 116 cm³/mol. The number of anilines is 1. The molecule has 156 valence electrons. The lowest BCUT2D eigenvalue weighted by atomic mass is 10.1. The number of hydrogen-bond acceptors (Lipinski definition) is 4. The van der Waals surface area contributed by atoms with Gasteiger partial charge in [-0.1, -0.05) is 6.07 Å². The van der Waals surface area contributed by atoms with Gasteiger partial charge < -0.3 is 15.0 Å². The minimum atomic E-state index is -0.381. The molecule has 4 rings (SSSR count). The predicted octanol–water partition coefficient (Wildman–Crippen LogP) is 5.06. The van der Waals surface area contributed by atoms with Gasteiger partial charge in [-0.05, 0) is 67.9 Å². The second kappa shape index (κ2) is 8.79. The fraction of sp³-hybridized carbons (Fsp3) is 0.125. The SMILES string of the molecule is Cc1ncc(-c2cc(NC(=O)c3ccc(OCc4ccccn4)cc3)c(C)cc2F)[nH]1. The van der Waals surface area contributed by atoms with Crippen LogP contribution in [0.3, 0.4) is 0 Å². The Bertz CT molecular complexity index is 1200. The zero-order valence-electron chi connectivity index (χ0n) is 17.1. The Hall–Kier alpha value is -4.00. The molecule has 0 unspecified atom stereocenters. The smallest absolute Gasteiger partial charge is 0.255 e. The summed E-state index contributed by atoms with van der Waals surface area (Å²) >= 11 is 0. The van der Waals surface area contributed by atoms with Crippen LogP contribution in [0.25, 0.3) is 11.3 Å². The largest absolute Gasteiger partial charge is 0.487 e. The van der Waals surface area contributed by atoms with Gasteiger partial charge >= 0.3 is 0 Å². The maximum Gasteiger partial charge on any atom is 0.255 e. The molecular formula is C24H21FN4O2. The van der Waals surface area contributed by atoms with Crippen molar-refractivity contribution in [3.63, 3.8) is 0 Å². The Morgan fingerprint density at radius 3 is 2.58 bits per heavy atom. The first kappa shape index (κ1) is 20.3. The Balaban J connectivity index is 1.46. The van der Waals surface area contributed by atoms with Crippen LogP contribution in [0.4, 0.5) is 10.1 Å². The third-order valence-electron chi connectivity index (χ3n) is 4.78. The quantitative estimate of drug-likeness (QED) is 0.460. The van der Waals surface area contributed by atoms with E-state index in [-0.39, 0.29) is 11.7 Å². The standard InChI is InChI=1S/C24H21FN4O2/c1-15-11-21(25)20(23-13-27-16(2)28-23)12-22(15)29-24(30)17-6-8-19(9-7-17)31-14-18-5-3-4-10-26-18/h3-13H,14H2,1-2H3,(H,27,28)(H,29,30). The minimum absolute atomic E-state index is 0.294. The molecular weight excluding hydrogens is 395 g/mol. The molecule has 0 fully saturated rings. The van der Waals surface area contributed by atoms with E-state index < -0.39 is 0 Å². The number of ether oxygens (including phenoxy) is 1. The number of imidazole rings is 1. The number of halogens is 1. The van der Waals surface area contributed by atoms with Crippen LogP contribution in [0.1, 0.15) is 27.4 Å². The Labute approximate surface area is 179 Å². The summed E-state index contributed by atoms with van der Waals surface area (Å²) in [5.41, 5.74) is 3.34. The molecule has 0 radical (unpaired) electrons. The molecule has 6 nitrogen and oxygen atoms in total. The van der Waals surface area contributed by atoms with E-state index in [9.17, 15) is 9.18 Å². The fourth-order valence-corrected chi connectivity index (χ4v) is 3.11. The van der Waals surface area contributed by atoms with Gasteiger partial charge in [-0.3, -0.25) is 9.78 Å². The third kappa shape index (κ3) is 4.78. The number of pyridine rings is 1. The molecule has 0 spiro atoms. The van der Waals surface area contributed by atoms with E-state index in [0.717, 1.165) is 5.69 Å². The molecule has 2 N–H and O–H groups in total. The number of rotatable bonds is 6. The molecule has 0 saturated heterocycles. The molecule has 1 amide bonds. The molecule has 4 aromatic rings. The molecule has 0 bridgehead atoms. The lowest BCUT2D eigenvalue weighted by molar-refractivity contribution is 0.102. The highest BCUT2D eigenvalue weighted by Gasteiger charge is 2.14. The van der Waals surface area contributed by atoms with Crippen LogP contribution in [0.15, 0.2) is 67.0 Å². The maximum absolute atomic E-state index is 14.4. The van der Waals surface area contributed by atoms with E-state index in [0.29, 0.717) is 46.3 Å². The lowest BCUT2D eigenvalue weighted by Crippen LogP contribution is -2.13. The van der Waals surface area contributed by atoms with Crippen LogP contribution in [-0.4, -0.2) is 20.9 Å². The van der Waals surface area contributed by atoms with Crippen molar-refractivity contribution in [1.82, 2.24) is 15.0 Å². The van der Waals surface area contributed by atoms with Crippen molar-refractivity contribution in [3.8, 4) is 17.0 Å². The molecule has 0 saturated carbocycles. The summed E-state index contributed by atoms with van der Waals surface area (Å²) in [7, 11) is 0. The number of carbonyl (C=O) groups excluding carboxylic acids is 1. The lowest BCUT2D eigenvalue weighted by Gasteiger charge is -2.12. The van der Waals surface area contributed by atoms with Crippen molar-refractivity contribution < 1.29 is 13.9 Å². The first-order valence-electron chi connectivity index (χ1n) is 9.76. The number of aromatic amines is 1. The highest BCUT2D eigenvalue weighted by Crippen LogP contribution is 2.28. The summed E-state index contributed by atoms with van der Waals surface area (Å²) in [6, 6.07) is 15.5. The summed E-state index contributed by atoms with van der Waals surface area (Å²) < 4.78 is 20.1. The highest BCUT2D eigenvalue weighted by atomic mass is 19.1. The summed E-state index contributed by atoms with van der Waals surface area (Å²) in [5, 5.41) is 2.86. The van der Waals surface area contributed by atoms with Gasteiger partial charge in [0, 0.05) is 23.0 Å². The van der Waals surface area contributed by atoms with Gasteiger partial charge in [0.25, 0.3) is 5.91 Å². The molecule has 0 aliphatic rings. The maximum atomic E-state index is 14.4. The Kier molecular flexibility index (Phi) is 5.75. The van der Waals surface area contributed by atoms with Gasteiger partial charge in [0.2, 0.25) is 0 Å². The fourth-order valence-electron chi connectivity index (χ4n) is 3.11. The average molecular weight is 416 g/mol. The second-order valence-electron chi connectivity index (χ2n) is 7.12. The van der Waals surface area contributed by atoms with Crippen molar-refractivity contribution >= 4 is 11.6 Å². The van der Waals surface area contributed by atoms with Crippen LogP contribution in [-0.2, 0) is 6.61 Å². The minimum Gasteiger partial charge on any atom is -0.487 e. The average Bonchev–Trinajstić information content (AvgIpc) is 3.21. The normalized spacial score (nSPS) is 10.7. The number of aryl methyl sites for hydroxylation is 2. The van der Waals surface area contributed by atoms with Gasteiger partial charge in [0.1, 0.15) is 24.0 Å². The topological polar surface area (TPSA) is 79.9 Å². The molecule has 2 aromatic heterocycles. The number of nitrogens with zero attached hydrogens (tertiary/aromatic N) is 2. The molecule has 2 heterocycles. The number of aromatic nitrogens is 3. The highest BCUT2D eigenvalue weighted by molar-refractivity contribution is 6.05. The Morgan fingerprint density at radius 2 is 1.90 bits per heavy atom. The van der Waals surface area contributed by atoms with Crippen molar-refractivity contribution in [2.45, 2.75) is 20.5 Å². The summed E-state index contributed by atoms with van der Waals surface area (Å²) in [6.45, 7) is 3.88. The van der Waals surface area contributed by atoms with Crippen molar-refractivity contribution in [2.75, 3.05) is 5.32 Å². The van der Waals surface area contributed by atoms with E-state index >= 15 is 0 Å². The number of H-pyrrole nitrogens is 1. The van der Waals surface area contributed by atoms with Gasteiger partial charge in [-0.15, -0.1) is 0 Å². The first-order valence-corrected chi connectivity index (χ1v) is 9.76. The van der Waals surface area contributed by atoms with E-state index in [1.165, 1.54) is 6.07 Å². The van der Waals surface area contributed by atoms with Crippen molar-refractivity contribution in [2.24, 2.45) is 0 Å².